The number of oxazole rings is 1. The molecular weight excluding hydrogens is 474 g/mol. The van der Waals surface area contributed by atoms with Gasteiger partial charge in [-0.25, -0.2) is 4.98 Å². The van der Waals surface area contributed by atoms with Gasteiger partial charge in [0.05, 0.1) is 18.2 Å². The summed E-state index contributed by atoms with van der Waals surface area (Å²) in [5.41, 5.74) is 3.81. The average molecular weight is 498 g/mol. The fourth-order valence-corrected chi connectivity index (χ4v) is 4.20. The number of aromatic nitrogens is 1. The molecule has 0 fully saturated rings. The van der Waals surface area contributed by atoms with Crippen LogP contribution in [0.5, 0.6) is 11.5 Å². The zero-order valence-electron chi connectivity index (χ0n) is 19.7. The Labute approximate surface area is 212 Å². The lowest BCUT2D eigenvalue weighted by molar-refractivity contribution is 0.0975. The maximum atomic E-state index is 13.0. The van der Waals surface area contributed by atoms with E-state index >= 15 is 0 Å². The predicted octanol–water partition coefficient (Wildman–Crippen LogP) is 6.05. The van der Waals surface area contributed by atoms with Gasteiger partial charge in [-0.05, 0) is 77.4 Å². The molecule has 5 aromatic rings. The first kappa shape index (κ1) is 23.3. The molecule has 180 valence electrons. The maximum absolute atomic E-state index is 13.0. The summed E-state index contributed by atoms with van der Waals surface area (Å²) in [6.07, 6.45) is 0.886. The number of carbonyl (C=O) groups is 1. The van der Waals surface area contributed by atoms with Crippen LogP contribution < -0.4 is 15.4 Å². The summed E-state index contributed by atoms with van der Waals surface area (Å²) in [5.74, 6) is 0.344. The highest BCUT2D eigenvalue weighted by Crippen LogP contribution is 2.33. The van der Waals surface area contributed by atoms with Crippen molar-refractivity contribution in [1.29, 1.82) is 0 Å². The molecule has 3 N–H and O–H groups in total. The summed E-state index contributed by atoms with van der Waals surface area (Å²) in [6, 6.07) is 21.9. The van der Waals surface area contributed by atoms with E-state index in [1.54, 1.807) is 18.2 Å². The largest absolute Gasteiger partial charge is 0.507 e. The Kier molecular flexibility index (Phi) is 6.26. The first-order valence-corrected chi connectivity index (χ1v) is 11.8. The van der Waals surface area contributed by atoms with Crippen molar-refractivity contribution < 1.29 is 19.1 Å². The Morgan fingerprint density at radius 2 is 1.83 bits per heavy atom. The van der Waals surface area contributed by atoms with Gasteiger partial charge in [0, 0.05) is 5.69 Å². The first-order chi connectivity index (χ1) is 17.4. The lowest BCUT2D eigenvalue weighted by Crippen LogP contribution is -2.34. The molecule has 0 aliphatic carbocycles. The molecule has 0 bridgehead atoms. The van der Waals surface area contributed by atoms with E-state index in [0.29, 0.717) is 33.7 Å². The van der Waals surface area contributed by atoms with Gasteiger partial charge in [-0.1, -0.05) is 37.3 Å². The van der Waals surface area contributed by atoms with Crippen LogP contribution in [-0.4, -0.2) is 28.2 Å². The number of anilines is 1. The number of hydrogen-bond donors (Lipinski definition) is 3. The highest BCUT2D eigenvalue weighted by molar-refractivity contribution is 7.80. The molecular formula is C28H23N3O4S. The van der Waals surface area contributed by atoms with Gasteiger partial charge < -0.3 is 19.6 Å². The second-order valence-electron chi connectivity index (χ2n) is 8.21. The topological polar surface area (TPSA) is 96.6 Å². The fourth-order valence-electron chi connectivity index (χ4n) is 3.99. The quantitative estimate of drug-likeness (QED) is 0.201. The lowest BCUT2D eigenvalue weighted by atomic mass is 10.1. The normalized spacial score (nSPS) is 10.9. The van der Waals surface area contributed by atoms with E-state index in [0.717, 1.165) is 22.8 Å². The average Bonchev–Trinajstić information content (AvgIpc) is 3.32. The van der Waals surface area contributed by atoms with Crippen molar-refractivity contribution in [1.82, 2.24) is 10.3 Å². The smallest absolute Gasteiger partial charge is 0.261 e. The van der Waals surface area contributed by atoms with Crippen LogP contribution in [0.4, 0.5) is 5.69 Å². The molecule has 0 aliphatic rings. The minimum absolute atomic E-state index is 0.0127. The molecule has 0 atom stereocenters. The number of carbonyl (C=O) groups excluding carboxylic acids is 1. The molecule has 0 saturated heterocycles. The molecule has 4 aromatic carbocycles. The molecule has 1 heterocycles. The molecule has 0 radical (unpaired) electrons. The molecule has 0 saturated carbocycles. The van der Waals surface area contributed by atoms with Crippen LogP contribution in [0.2, 0.25) is 0 Å². The molecule has 0 aliphatic heterocycles. The number of fused-ring (bicyclic) bond motifs is 2. The van der Waals surface area contributed by atoms with Gasteiger partial charge in [0.25, 0.3) is 5.91 Å². The number of ether oxygens (including phenoxy) is 1. The summed E-state index contributed by atoms with van der Waals surface area (Å²) < 4.78 is 11.3. The molecule has 0 spiro atoms. The Balaban J connectivity index is 1.36. The number of nitrogens with zero attached hydrogens (tertiary/aromatic N) is 1. The van der Waals surface area contributed by atoms with Gasteiger partial charge in [-0.2, -0.15) is 0 Å². The van der Waals surface area contributed by atoms with Crippen LogP contribution in [0.15, 0.2) is 77.2 Å². The molecule has 36 heavy (non-hydrogen) atoms. The van der Waals surface area contributed by atoms with Crippen molar-refractivity contribution in [2.24, 2.45) is 0 Å². The lowest BCUT2D eigenvalue weighted by Gasteiger charge is -2.13. The molecule has 5 rings (SSSR count). The van der Waals surface area contributed by atoms with Crippen LogP contribution in [-0.2, 0) is 6.42 Å². The minimum atomic E-state index is -0.403. The molecule has 1 aromatic heterocycles. The van der Waals surface area contributed by atoms with Crippen molar-refractivity contribution >= 4 is 50.8 Å². The molecule has 8 heteroatoms. The van der Waals surface area contributed by atoms with Crippen LogP contribution >= 0.6 is 12.2 Å². The molecule has 7 nitrogen and oxygen atoms in total. The van der Waals surface area contributed by atoms with E-state index in [1.807, 2.05) is 48.5 Å². The number of benzene rings is 4. The Morgan fingerprint density at radius 1 is 1.06 bits per heavy atom. The van der Waals surface area contributed by atoms with Crippen LogP contribution in [0, 0.1) is 0 Å². The number of amides is 1. The van der Waals surface area contributed by atoms with E-state index in [9.17, 15) is 9.90 Å². The summed E-state index contributed by atoms with van der Waals surface area (Å²) in [7, 11) is 1.52. The van der Waals surface area contributed by atoms with Gasteiger partial charge in [0.15, 0.2) is 10.7 Å². The monoisotopic (exact) mass is 497 g/mol. The second-order valence-corrected chi connectivity index (χ2v) is 8.62. The number of phenols is 1. The number of rotatable bonds is 5. The van der Waals surface area contributed by atoms with E-state index < -0.39 is 5.91 Å². The number of nitrogens with one attached hydrogen (secondary N) is 2. The Hall–Kier alpha value is -4.43. The van der Waals surface area contributed by atoms with Crippen molar-refractivity contribution in [3.8, 4) is 23.0 Å². The summed E-state index contributed by atoms with van der Waals surface area (Å²) >= 11 is 5.38. The van der Waals surface area contributed by atoms with Crippen LogP contribution in [0.25, 0.3) is 33.3 Å². The Morgan fingerprint density at radius 3 is 2.58 bits per heavy atom. The SMILES string of the molecule is CCc1ccc2oc(-c3cc(NC(=S)NC(=O)c4cc5ccccc5cc4OC)ccc3O)nc2c1. The summed E-state index contributed by atoms with van der Waals surface area (Å²) in [6.45, 7) is 2.07. The van der Waals surface area contributed by atoms with Crippen LogP contribution in [0.3, 0.4) is 0 Å². The van der Waals surface area contributed by atoms with Gasteiger partial charge in [-0.3, -0.25) is 10.1 Å². The number of methoxy groups -OCH3 is 1. The molecule has 0 unspecified atom stereocenters. The summed E-state index contributed by atoms with van der Waals surface area (Å²) in [4.78, 5) is 17.5. The van der Waals surface area contributed by atoms with Crippen LogP contribution in [0.1, 0.15) is 22.8 Å². The third kappa shape index (κ3) is 4.58. The van der Waals surface area contributed by atoms with Gasteiger partial charge in [-0.15, -0.1) is 0 Å². The number of aryl methyl sites for hydroxylation is 1. The zero-order chi connectivity index (χ0) is 25.2. The third-order valence-electron chi connectivity index (χ3n) is 5.88. The summed E-state index contributed by atoms with van der Waals surface area (Å²) in [5, 5.41) is 18.1. The second kappa shape index (κ2) is 9.67. The van der Waals surface area contributed by atoms with Crippen molar-refractivity contribution in [2.45, 2.75) is 13.3 Å². The predicted molar refractivity (Wildman–Crippen MR) is 145 cm³/mol. The van der Waals surface area contributed by atoms with Gasteiger partial charge in [0.2, 0.25) is 5.89 Å². The number of phenolic OH excluding ortho intramolecular Hbond substituents is 1. The minimum Gasteiger partial charge on any atom is -0.507 e. The first-order valence-electron chi connectivity index (χ1n) is 11.4. The fraction of sp³-hybridized carbons (Fsp3) is 0.107. The van der Waals surface area contributed by atoms with Crippen molar-refractivity contribution in [2.75, 3.05) is 12.4 Å². The standard InChI is InChI=1S/C28H23N3O4S/c1-3-16-8-11-24-22(12-16)30-27(35-24)20-15-19(9-10-23(20)32)29-28(36)31-26(33)21-13-17-6-4-5-7-18(17)14-25(21)34-2/h4-15,32H,3H2,1-2H3,(H2,29,31,33,36). The van der Waals surface area contributed by atoms with Crippen molar-refractivity contribution in [3.63, 3.8) is 0 Å². The molecule has 1 amide bonds. The van der Waals surface area contributed by atoms with E-state index in [-0.39, 0.29) is 16.8 Å². The van der Waals surface area contributed by atoms with Gasteiger partial charge in [0.1, 0.15) is 17.0 Å². The van der Waals surface area contributed by atoms with E-state index in [2.05, 4.69) is 22.5 Å². The Bertz CT molecular complexity index is 1630. The maximum Gasteiger partial charge on any atom is 0.261 e. The van der Waals surface area contributed by atoms with Gasteiger partial charge >= 0.3 is 0 Å². The zero-order valence-corrected chi connectivity index (χ0v) is 20.5. The van der Waals surface area contributed by atoms with E-state index in [4.69, 9.17) is 21.4 Å². The number of thiocarbonyl (C=S) groups is 1. The third-order valence-corrected chi connectivity index (χ3v) is 6.09. The highest BCUT2D eigenvalue weighted by Gasteiger charge is 2.17. The number of aromatic hydroxyl groups is 1. The highest BCUT2D eigenvalue weighted by atomic mass is 32.1. The van der Waals surface area contributed by atoms with E-state index in [1.165, 1.54) is 13.2 Å². The van der Waals surface area contributed by atoms with Crippen molar-refractivity contribution in [3.05, 3.63) is 83.9 Å². The number of hydrogen-bond acceptors (Lipinski definition) is 6.